The lowest BCUT2D eigenvalue weighted by Crippen LogP contribution is -2.21. The molecule has 0 spiro atoms. The molecule has 12 heavy (non-hydrogen) atoms. The van der Waals surface area contributed by atoms with E-state index < -0.39 is 0 Å². The Bertz CT molecular complexity index is 345. The molecule has 0 aromatic heterocycles. The number of fused-ring (bicyclic) bond motifs is 1. The minimum absolute atomic E-state index is 0.166. The quantitative estimate of drug-likeness (QED) is 0.598. The van der Waals surface area contributed by atoms with Crippen molar-refractivity contribution >= 4 is 40.7 Å². The Morgan fingerprint density at radius 1 is 1.67 bits per heavy atom. The maximum absolute atomic E-state index is 11.2. The standard InChI is InChI=1S/C7H5ClN2OS/c1-3-4-6(11)9-2-10-7(4)12-5(3)8/h2,4H,1H3. The summed E-state index contributed by atoms with van der Waals surface area (Å²) in [6.07, 6.45) is 1.28. The van der Waals surface area contributed by atoms with Crippen LogP contribution >= 0.6 is 23.4 Å². The summed E-state index contributed by atoms with van der Waals surface area (Å²) in [5, 5.41) is 0.748. The average Bonchev–Trinajstić information content (AvgIpc) is 2.29. The van der Waals surface area contributed by atoms with Crippen molar-refractivity contribution in [3.8, 4) is 0 Å². The van der Waals surface area contributed by atoms with Crippen LogP contribution < -0.4 is 0 Å². The molecule has 62 valence electrons. The number of hydrogen-bond donors (Lipinski definition) is 0. The summed E-state index contributed by atoms with van der Waals surface area (Å²) in [7, 11) is 0. The molecule has 0 aromatic rings. The molecule has 0 radical (unpaired) electrons. The monoisotopic (exact) mass is 200 g/mol. The number of aliphatic imine (C=N–C) groups is 2. The summed E-state index contributed by atoms with van der Waals surface area (Å²) in [6.45, 7) is 1.83. The van der Waals surface area contributed by atoms with Gasteiger partial charge in [0.05, 0.1) is 9.41 Å². The first-order valence-electron chi connectivity index (χ1n) is 3.38. The second-order valence-corrected chi connectivity index (χ2v) is 4.17. The Balaban J connectivity index is 2.45. The van der Waals surface area contributed by atoms with Crippen LogP contribution in [0.5, 0.6) is 0 Å². The molecule has 1 unspecified atom stereocenters. The molecule has 3 nitrogen and oxygen atoms in total. The fourth-order valence-electron chi connectivity index (χ4n) is 1.14. The SMILES string of the molecule is CC1=C(Cl)SC2=NC=NC(=O)C21. The van der Waals surface area contributed by atoms with E-state index in [0.29, 0.717) is 4.36 Å². The topological polar surface area (TPSA) is 41.8 Å². The van der Waals surface area contributed by atoms with Crippen molar-refractivity contribution in [1.29, 1.82) is 0 Å². The van der Waals surface area contributed by atoms with Gasteiger partial charge >= 0.3 is 0 Å². The van der Waals surface area contributed by atoms with Gasteiger partial charge in [-0.15, -0.1) is 0 Å². The number of nitrogens with zero attached hydrogens (tertiary/aromatic N) is 2. The first-order valence-corrected chi connectivity index (χ1v) is 4.58. The molecular weight excluding hydrogens is 196 g/mol. The van der Waals surface area contributed by atoms with Crippen LogP contribution in [-0.4, -0.2) is 17.3 Å². The predicted octanol–water partition coefficient (Wildman–Crippen LogP) is 1.79. The van der Waals surface area contributed by atoms with Crippen molar-refractivity contribution in [2.24, 2.45) is 15.9 Å². The Kier molecular flexibility index (Phi) is 1.81. The maximum Gasteiger partial charge on any atom is 0.261 e. The summed E-state index contributed by atoms with van der Waals surface area (Å²) < 4.78 is 0.651. The van der Waals surface area contributed by atoms with Gasteiger partial charge in [-0.1, -0.05) is 23.4 Å². The molecular formula is C7H5ClN2OS. The molecule has 0 aliphatic carbocycles. The van der Waals surface area contributed by atoms with Gasteiger partial charge in [0.1, 0.15) is 12.3 Å². The normalized spacial score (nSPS) is 27.7. The highest BCUT2D eigenvalue weighted by atomic mass is 35.5. The summed E-state index contributed by atoms with van der Waals surface area (Å²) in [4.78, 5) is 18.8. The van der Waals surface area contributed by atoms with Crippen molar-refractivity contribution in [3.05, 3.63) is 9.94 Å². The van der Waals surface area contributed by atoms with Crippen LogP contribution in [0, 0.1) is 5.92 Å². The van der Waals surface area contributed by atoms with E-state index in [1.807, 2.05) is 6.92 Å². The third-order valence-electron chi connectivity index (χ3n) is 1.80. The Morgan fingerprint density at radius 3 is 3.08 bits per heavy atom. The Hall–Kier alpha value is -0.610. The first kappa shape index (κ1) is 8.01. The number of carbonyl (C=O) groups excluding carboxylic acids is 1. The molecule has 0 saturated carbocycles. The second kappa shape index (κ2) is 2.71. The maximum atomic E-state index is 11.2. The molecule has 2 rings (SSSR count). The van der Waals surface area contributed by atoms with Crippen molar-refractivity contribution < 1.29 is 4.79 Å². The number of carbonyl (C=O) groups is 1. The van der Waals surface area contributed by atoms with Crippen molar-refractivity contribution in [1.82, 2.24) is 0 Å². The number of rotatable bonds is 0. The van der Waals surface area contributed by atoms with Gasteiger partial charge in [-0.2, -0.15) is 0 Å². The summed E-state index contributed by atoms with van der Waals surface area (Å²) in [6, 6.07) is 0. The van der Waals surface area contributed by atoms with E-state index in [0.717, 1.165) is 10.6 Å². The van der Waals surface area contributed by atoms with Gasteiger partial charge in [-0.25, -0.2) is 9.98 Å². The van der Waals surface area contributed by atoms with Crippen molar-refractivity contribution in [3.63, 3.8) is 0 Å². The largest absolute Gasteiger partial charge is 0.271 e. The lowest BCUT2D eigenvalue weighted by molar-refractivity contribution is -0.118. The molecule has 2 heterocycles. The van der Waals surface area contributed by atoms with Gasteiger partial charge in [0.2, 0.25) is 0 Å². The minimum atomic E-state index is -0.299. The van der Waals surface area contributed by atoms with Crippen LogP contribution in [0.15, 0.2) is 19.9 Å². The van der Waals surface area contributed by atoms with Crippen LogP contribution in [0.4, 0.5) is 0 Å². The van der Waals surface area contributed by atoms with Gasteiger partial charge in [0, 0.05) is 0 Å². The highest BCUT2D eigenvalue weighted by Gasteiger charge is 2.35. The van der Waals surface area contributed by atoms with Gasteiger partial charge < -0.3 is 0 Å². The van der Waals surface area contributed by atoms with Crippen molar-refractivity contribution in [2.45, 2.75) is 6.92 Å². The van der Waals surface area contributed by atoms with Crippen molar-refractivity contribution in [2.75, 3.05) is 0 Å². The zero-order chi connectivity index (χ0) is 8.72. The van der Waals surface area contributed by atoms with E-state index >= 15 is 0 Å². The molecule has 0 bridgehead atoms. The molecule has 5 heteroatoms. The zero-order valence-corrected chi connectivity index (χ0v) is 7.82. The van der Waals surface area contributed by atoms with Crippen LogP contribution in [0.3, 0.4) is 0 Å². The minimum Gasteiger partial charge on any atom is -0.271 e. The van der Waals surface area contributed by atoms with Crippen LogP contribution in [0.1, 0.15) is 6.92 Å². The third-order valence-corrected chi connectivity index (χ3v) is 3.38. The number of amides is 1. The predicted molar refractivity (Wildman–Crippen MR) is 50.6 cm³/mol. The molecule has 1 atom stereocenters. The van der Waals surface area contributed by atoms with Gasteiger partial charge in [-0.3, -0.25) is 4.79 Å². The molecule has 0 fully saturated rings. The van der Waals surface area contributed by atoms with E-state index in [-0.39, 0.29) is 11.8 Å². The van der Waals surface area contributed by atoms with Gasteiger partial charge in [0.15, 0.2) is 0 Å². The van der Waals surface area contributed by atoms with Gasteiger partial charge in [-0.05, 0) is 12.5 Å². The molecule has 2 aliphatic rings. The lowest BCUT2D eigenvalue weighted by Gasteiger charge is -2.09. The Labute approximate surface area is 78.6 Å². The molecule has 0 N–H and O–H groups in total. The molecule has 0 aromatic carbocycles. The van der Waals surface area contributed by atoms with Crippen LogP contribution in [0.25, 0.3) is 0 Å². The van der Waals surface area contributed by atoms with Crippen LogP contribution in [0.2, 0.25) is 0 Å². The highest BCUT2D eigenvalue weighted by Crippen LogP contribution is 2.41. The zero-order valence-electron chi connectivity index (χ0n) is 6.24. The Morgan fingerprint density at radius 2 is 2.42 bits per heavy atom. The summed E-state index contributed by atoms with van der Waals surface area (Å²) in [5.41, 5.74) is 0.863. The fourth-order valence-corrected chi connectivity index (χ4v) is 2.44. The van der Waals surface area contributed by atoms with E-state index in [1.54, 1.807) is 0 Å². The van der Waals surface area contributed by atoms with E-state index in [4.69, 9.17) is 11.6 Å². The smallest absolute Gasteiger partial charge is 0.261 e. The number of hydrogen-bond acceptors (Lipinski definition) is 3. The van der Waals surface area contributed by atoms with E-state index in [9.17, 15) is 4.79 Å². The average molecular weight is 201 g/mol. The highest BCUT2D eigenvalue weighted by molar-refractivity contribution is 8.19. The first-order chi connectivity index (χ1) is 5.70. The fraction of sp³-hybridized carbons (Fsp3) is 0.286. The molecule has 2 aliphatic heterocycles. The van der Waals surface area contributed by atoms with E-state index in [2.05, 4.69) is 9.98 Å². The summed E-state index contributed by atoms with van der Waals surface area (Å²) >= 11 is 7.20. The number of halogens is 1. The van der Waals surface area contributed by atoms with Gasteiger partial charge in [0.25, 0.3) is 5.91 Å². The molecule has 1 amide bonds. The third kappa shape index (κ3) is 1.03. The van der Waals surface area contributed by atoms with E-state index in [1.165, 1.54) is 18.1 Å². The number of thioether (sulfide) groups is 1. The second-order valence-electron chi connectivity index (χ2n) is 2.54. The summed E-state index contributed by atoms with van der Waals surface area (Å²) in [5.74, 6) is -0.465. The van der Waals surface area contributed by atoms with Crippen LogP contribution in [-0.2, 0) is 4.79 Å². The molecule has 0 saturated heterocycles. The lowest BCUT2D eigenvalue weighted by atomic mass is 10.0.